The molecule has 1 amide bonds. The van der Waals surface area contributed by atoms with E-state index in [1.54, 1.807) is 53.4 Å². The number of nitrogens with two attached hydrogens (primary N) is 2. The molecule has 2 atom stereocenters. The van der Waals surface area contributed by atoms with E-state index in [-0.39, 0.29) is 28.4 Å². The van der Waals surface area contributed by atoms with Crippen molar-refractivity contribution in [2.75, 3.05) is 19.6 Å². The summed E-state index contributed by atoms with van der Waals surface area (Å²) in [5.41, 5.74) is 13.9. The normalized spacial score (nSPS) is 19.1. The lowest BCUT2D eigenvalue weighted by atomic mass is 9.93. The lowest BCUT2D eigenvalue weighted by molar-refractivity contribution is -0.134. The molecule has 8 nitrogen and oxygen atoms in total. The predicted octanol–water partition coefficient (Wildman–Crippen LogP) is 3.96. The number of carbonyl (C=O) groups excluding carboxylic acids is 1. The second-order valence-electron chi connectivity index (χ2n) is 10.2. The summed E-state index contributed by atoms with van der Waals surface area (Å²) in [7, 11) is -4.10. The number of amidine groups is 1. The third-order valence-corrected chi connectivity index (χ3v) is 9.46. The van der Waals surface area contributed by atoms with Crippen molar-refractivity contribution in [3.8, 4) is 0 Å². The third kappa shape index (κ3) is 7.53. The summed E-state index contributed by atoms with van der Waals surface area (Å²) in [6.45, 7) is 1.70. The van der Waals surface area contributed by atoms with Gasteiger partial charge >= 0.3 is 0 Å². The molecule has 11 heteroatoms. The van der Waals surface area contributed by atoms with Crippen LogP contribution in [-0.4, -0.2) is 56.1 Å². The van der Waals surface area contributed by atoms with Crippen molar-refractivity contribution in [2.45, 2.75) is 48.4 Å². The van der Waals surface area contributed by atoms with E-state index in [4.69, 9.17) is 40.1 Å². The highest BCUT2D eigenvalue weighted by Gasteiger charge is 2.32. The lowest BCUT2D eigenvalue weighted by Gasteiger charge is -2.34. The van der Waals surface area contributed by atoms with Crippen LogP contribution in [0.2, 0.25) is 0 Å². The van der Waals surface area contributed by atoms with Gasteiger partial charge < -0.3 is 16.4 Å². The molecule has 2 aliphatic rings. The minimum absolute atomic E-state index is 0.0281. The van der Waals surface area contributed by atoms with Crippen LogP contribution in [0.4, 0.5) is 0 Å². The maximum absolute atomic E-state index is 13.7. The molecule has 2 unspecified atom stereocenters. The summed E-state index contributed by atoms with van der Waals surface area (Å²) < 4.78 is 30.0. The van der Waals surface area contributed by atoms with Gasteiger partial charge in [-0.05, 0) is 85.5 Å². The number of nitrogens with one attached hydrogen (secondary N) is 2. The van der Waals surface area contributed by atoms with Gasteiger partial charge in [0.1, 0.15) is 11.9 Å². The van der Waals surface area contributed by atoms with Gasteiger partial charge in [-0.25, -0.2) is 8.42 Å². The first-order valence-electron chi connectivity index (χ1n) is 13.3. The summed E-state index contributed by atoms with van der Waals surface area (Å²) in [6, 6.07) is 12.4. The summed E-state index contributed by atoms with van der Waals surface area (Å²) in [5.74, 6) is 0.0748. The molecule has 0 aromatic heterocycles. The third-order valence-electron chi connectivity index (χ3n) is 7.36. The summed E-state index contributed by atoms with van der Waals surface area (Å²) in [5, 5.41) is 8.01. The van der Waals surface area contributed by atoms with Gasteiger partial charge in [-0.15, -0.1) is 11.6 Å². The Balaban J connectivity index is 1.60. The average Bonchev–Trinajstić information content (AvgIpc) is 2.93. The number of carbonyl (C=O) groups is 1. The molecule has 2 aromatic rings. The fourth-order valence-corrected chi connectivity index (χ4v) is 7.02. The van der Waals surface area contributed by atoms with Gasteiger partial charge in [-0.1, -0.05) is 48.0 Å². The van der Waals surface area contributed by atoms with Crippen LogP contribution in [0.1, 0.15) is 42.4 Å². The average molecular weight is 605 g/mol. The van der Waals surface area contributed by atoms with Crippen molar-refractivity contribution in [1.82, 2.24) is 9.62 Å². The number of benzene rings is 2. The molecule has 0 bridgehead atoms. The summed E-state index contributed by atoms with van der Waals surface area (Å²) in [4.78, 5) is 15.5. The van der Waals surface area contributed by atoms with Crippen LogP contribution in [0.5, 0.6) is 0 Å². The molecule has 6 N–H and O–H groups in total. The molecule has 40 heavy (non-hydrogen) atoms. The van der Waals surface area contributed by atoms with E-state index in [9.17, 15) is 13.2 Å². The topological polar surface area (TPSA) is 142 Å². The van der Waals surface area contributed by atoms with E-state index in [0.29, 0.717) is 59.3 Å². The van der Waals surface area contributed by atoms with Crippen LogP contribution in [-0.2, 0) is 21.2 Å². The SMILES string of the molecule is N=C(N)c1cccc(CC(NS(=O)(=O)c2cccc(C3=CCC(Cl)C=C3Cl)c2)C(=O)N2CCC(CCN)CC2)c1. The minimum atomic E-state index is -4.10. The number of allylic oxidation sites excluding steroid dienone is 4. The van der Waals surface area contributed by atoms with Crippen molar-refractivity contribution in [1.29, 1.82) is 5.41 Å². The van der Waals surface area contributed by atoms with Gasteiger partial charge in [-0.3, -0.25) is 10.2 Å². The van der Waals surface area contributed by atoms with Gasteiger partial charge in [0.05, 0.1) is 10.3 Å². The molecule has 1 heterocycles. The molecule has 1 aliphatic carbocycles. The van der Waals surface area contributed by atoms with Gasteiger partial charge in [0.2, 0.25) is 15.9 Å². The van der Waals surface area contributed by atoms with Crippen molar-refractivity contribution >= 4 is 50.5 Å². The highest BCUT2D eigenvalue weighted by Crippen LogP contribution is 2.33. The lowest BCUT2D eigenvalue weighted by Crippen LogP contribution is -2.51. The minimum Gasteiger partial charge on any atom is -0.384 e. The second-order valence-corrected chi connectivity index (χ2v) is 12.9. The molecular formula is C29H35Cl2N5O3S. The molecule has 2 aromatic carbocycles. The molecule has 4 rings (SSSR count). The Morgan fingerprint density at radius 1 is 1.15 bits per heavy atom. The monoisotopic (exact) mass is 603 g/mol. The molecule has 0 radical (unpaired) electrons. The van der Waals surface area contributed by atoms with Gasteiger partial charge in [0.25, 0.3) is 0 Å². The number of nitrogens with zero attached hydrogens (tertiary/aromatic N) is 1. The molecular weight excluding hydrogens is 569 g/mol. The van der Waals surface area contributed by atoms with E-state index in [1.165, 1.54) is 6.07 Å². The number of alkyl halides is 1. The van der Waals surface area contributed by atoms with E-state index < -0.39 is 16.1 Å². The Hall–Kier alpha value is -2.69. The second kappa shape index (κ2) is 13.3. The Morgan fingerprint density at radius 2 is 1.88 bits per heavy atom. The predicted molar refractivity (Wildman–Crippen MR) is 161 cm³/mol. The first-order valence-corrected chi connectivity index (χ1v) is 15.6. The number of rotatable bonds is 10. The van der Waals surface area contributed by atoms with Crippen molar-refractivity contribution in [3.05, 3.63) is 82.4 Å². The Kier molecular flexibility index (Phi) is 10.1. The van der Waals surface area contributed by atoms with Crippen LogP contribution in [0.25, 0.3) is 5.57 Å². The first-order chi connectivity index (χ1) is 19.1. The zero-order valence-corrected chi connectivity index (χ0v) is 24.5. The fraction of sp³-hybridized carbons (Fsp3) is 0.379. The smallest absolute Gasteiger partial charge is 0.241 e. The number of hydrogen-bond acceptors (Lipinski definition) is 5. The van der Waals surface area contributed by atoms with E-state index in [0.717, 1.165) is 19.3 Å². The molecule has 0 saturated carbocycles. The number of nitrogen functional groups attached to an aromatic ring is 1. The number of piperidine rings is 1. The highest BCUT2D eigenvalue weighted by atomic mass is 35.5. The van der Waals surface area contributed by atoms with Gasteiger partial charge in [0, 0.05) is 23.7 Å². The number of likely N-dealkylation sites (tertiary alicyclic amines) is 1. The number of amides is 1. The van der Waals surface area contributed by atoms with E-state index >= 15 is 0 Å². The largest absolute Gasteiger partial charge is 0.384 e. The fourth-order valence-electron chi connectivity index (χ4n) is 5.17. The van der Waals surface area contributed by atoms with Crippen LogP contribution in [0.15, 0.2) is 70.6 Å². The number of sulfonamides is 1. The Morgan fingerprint density at radius 3 is 2.55 bits per heavy atom. The standard InChI is InChI=1S/C29H35Cl2N5O3S/c30-23-7-8-25(26(31)18-23)21-4-2-6-24(17-21)40(38,39)35-27(16-20-3-1-5-22(15-20)28(33)34)29(37)36-13-10-19(9-12-32)11-14-36/h1-6,8,15,17-19,23,27,35H,7,9-14,16,32H2,(H3,33,34). The highest BCUT2D eigenvalue weighted by molar-refractivity contribution is 7.89. The first kappa shape index (κ1) is 30.3. The van der Waals surface area contributed by atoms with Gasteiger partial charge in [0.15, 0.2) is 0 Å². The quantitative estimate of drug-likeness (QED) is 0.185. The Bertz CT molecular complexity index is 1420. The van der Waals surface area contributed by atoms with Crippen LogP contribution in [0.3, 0.4) is 0 Å². The van der Waals surface area contributed by atoms with E-state index in [1.807, 2.05) is 6.08 Å². The van der Waals surface area contributed by atoms with Crippen LogP contribution in [0, 0.1) is 11.3 Å². The Labute approximate surface area is 246 Å². The number of hydrogen-bond donors (Lipinski definition) is 4. The zero-order chi connectivity index (χ0) is 28.9. The van der Waals surface area contributed by atoms with Crippen molar-refractivity contribution < 1.29 is 13.2 Å². The van der Waals surface area contributed by atoms with Crippen molar-refractivity contribution in [3.63, 3.8) is 0 Å². The van der Waals surface area contributed by atoms with Crippen LogP contribution < -0.4 is 16.2 Å². The number of halogens is 2. The molecule has 214 valence electrons. The molecule has 1 saturated heterocycles. The summed E-state index contributed by atoms with van der Waals surface area (Å²) >= 11 is 12.6. The van der Waals surface area contributed by atoms with Gasteiger partial charge in [-0.2, -0.15) is 4.72 Å². The van der Waals surface area contributed by atoms with Crippen LogP contribution >= 0.6 is 23.2 Å². The maximum Gasteiger partial charge on any atom is 0.241 e. The zero-order valence-electron chi connectivity index (χ0n) is 22.2. The summed E-state index contributed by atoms with van der Waals surface area (Å²) in [6.07, 6.45) is 6.89. The van der Waals surface area contributed by atoms with E-state index in [2.05, 4.69) is 4.72 Å². The van der Waals surface area contributed by atoms with Crippen molar-refractivity contribution in [2.24, 2.45) is 17.4 Å². The molecule has 0 spiro atoms. The molecule has 1 aliphatic heterocycles. The maximum atomic E-state index is 13.7. The molecule has 1 fully saturated rings.